The molecule has 6 nitrogen and oxygen atoms in total. The van der Waals surface area contributed by atoms with Gasteiger partial charge in [-0.2, -0.15) is 0 Å². The first kappa shape index (κ1) is 23.0. The van der Waals surface area contributed by atoms with Crippen LogP contribution in [0.25, 0.3) is 0 Å². The maximum Gasteiger partial charge on any atom is 1.00 e. The molecule has 0 amide bonds. The Morgan fingerprint density at radius 1 is 1.08 bits per heavy atom. The van der Waals surface area contributed by atoms with E-state index in [1.807, 2.05) is 0 Å². The number of hydrogen-bond acceptors (Lipinski definition) is 3. The molecule has 0 atom stereocenters. The topological polar surface area (TPSA) is 118 Å². The van der Waals surface area contributed by atoms with Gasteiger partial charge >= 0.3 is 71.1 Å². The molecule has 0 aromatic heterocycles. The number of hydrogen-bond donors (Lipinski definition) is 3. The monoisotopic (exact) mass is 199 g/mol. The molecule has 0 heterocycles. The Morgan fingerprint density at radius 2 is 1.33 bits per heavy atom. The molecule has 64 valence electrons. The van der Waals surface area contributed by atoms with E-state index in [1.165, 1.54) is 0 Å². The van der Waals surface area contributed by atoms with Gasteiger partial charge in [-0.3, -0.25) is 14.9 Å². The van der Waals surface area contributed by atoms with E-state index >= 15 is 0 Å². The zero-order valence-corrected chi connectivity index (χ0v) is 11.1. The van der Waals surface area contributed by atoms with Crippen LogP contribution in [-0.4, -0.2) is 40.7 Å². The predicted octanol–water partition coefficient (Wildman–Crippen LogP) is -7.85. The first-order valence-corrected chi connectivity index (χ1v) is 2.27. The van der Waals surface area contributed by atoms with Gasteiger partial charge in [-0.25, -0.2) is 0 Å². The van der Waals surface area contributed by atoms with E-state index in [2.05, 4.69) is 5.32 Å². The second-order valence-corrected chi connectivity index (χ2v) is 1.39. The summed E-state index contributed by atoms with van der Waals surface area (Å²) in [5.74, 6) is -2.12. The number of aliphatic carboxylic acids is 2. The summed E-state index contributed by atoms with van der Waals surface area (Å²) in [5, 5.41) is 18.1. The molecule has 0 unspecified atom stereocenters. The van der Waals surface area contributed by atoms with Crippen molar-refractivity contribution in [1.29, 1.82) is 0 Å². The van der Waals surface area contributed by atoms with Gasteiger partial charge in [0.1, 0.15) is 0 Å². The van der Waals surface area contributed by atoms with Crippen LogP contribution in [-0.2, 0) is 9.59 Å². The largest absolute Gasteiger partial charge is 1.00 e. The fourth-order valence-corrected chi connectivity index (χ4v) is 0.276. The molecule has 0 fully saturated rings. The first-order valence-electron chi connectivity index (χ1n) is 2.27. The average molecular weight is 199 g/mol. The molecule has 5 N–H and O–H groups in total. The molecule has 0 bridgehead atoms. The molecule has 0 aliphatic rings. The van der Waals surface area contributed by atoms with Crippen LogP contribution in [0.2, 0.25) is 0 Å². The Morgan fingerprint density at radius 3 is 1.50 bits per heavy atom. The molecule has 0 saturated heterocycles. The molecule has 0 rings (SSSR count). The summed E-state index contributed by atoms with van der Waals surface area (Å²) in [6.45, 7) is -0.626. The SMILES string of the molecule is O.O=C(O)CNCC(=O)O.[H-].[H-].[Na+].[Na+]. The molecular formula is C4H11NNa2O5. The van der Waals surface area contributed by atoms with Crippen LogP contribution < -0.4 is 64.4 Å². The van der Waals surface area contributed by atoms with Crippen LogP contribution in [0.1, 0.15) is 2.85 Å². The van der Waals surface area contributed by atoms with Crippen molar-refractivity contribution in [2.24, 2.45) is 0 Å². The van der Waals surface area contributed by atoms with Gasteiger partial charge in [-0.15, -0.1) is 0 Å². The summed E-state index contributed by atoms with van der Waals surface area (Å²) in [5.41, 5.74) is 0. The average Bonchev–Trinajstić information content (AvgIpc) is 1.63. The van der Waals surface area contributed by atoms with E-state index < -0.39 is 11.9 Å². The van der Waals surface area contributed by atoms with Crippen LogP contribution >= 0.6 is 0 Å². The van der Waals surface area contributed by atoms with Crippen LogP contribution in [0.5, 0.6) is 0 Å². The zero-order valence-electron chi connectivity index (χ0n) is 9.13. The van der Waals surface area contributed by atoms with Crippen molar-refractivity contribution < 1.29 is 87.2 Å². The number of carboxylic acid groups (broad SMARTS) is 2. The molecule has 0 radical (unpaired) electrons. The van der Waals surface area contributed by atoms with Crippen LogP contribution in [0, 0.1) is 0 Å². The Balaban J connectivity index is -0.0000000320. The standard InChI is InChI=1S/C4H7NO4.2Na.H2O.2H/c6-3(7)1-5-2-4(8)9;;;;;/h5H,1-2H2,(H,6,7)(H,8,9);;;1H2;;/q;2*+1;;2*-1. The van der Waals surface area contributed by atoms with E-state index in [1.54, 1.807) is 0 Å². The van der Waals surface area contributed by atoms with Gasteiger partial charge in [0.15, 0.2) is 0 Å². The van der Waals surface area contributed by atoms with Crippen molar-refractivity contribution in [2.45, 2.75) is 0 Å². The van der Waals surface area contributed by atoms with E-state index in [0.717, 1.165) is 0 Å². The molecule has 0 saturated carbocycles. The van der Waals surface area contributed by atoms with Gasteiger partial charge in [-0.05, 0) is 0 Å². The number of rotatable bonds is 4. The molecule has 0 aromatic rings. The van der Waals surface area contributed by atoms with Crippen molar-refractivity contribution in [2.75, 3.05) is 13.1 Å². The summed E-state index contributed by atoms with van der Waals surface area (Å²) in [7, 11) is 0. The molecule has 12 heavy (non-hydrogen) atoms. The smallest absolute Gasteiger partial charge is 1.00 e. The normalized spacial score (nSPS) is 6.67. The number of carbonyl (C=O) groups is 2. The van der Waals surface area contributed by atoms with Gasteiger partial charge in [-0.1, -0.05) is 0 Å². The quantitative estimate of drug-likeness (QED) is 0.388. The van der Waals surface area contributed by atoms with Crippen molar-refractivity contribution in [3.63, 3.8) is 0 Å². The Bertz CT molecular complexity index is 125. The molecule has 0 aliphatic heterocycles. The van der Waals surface area contributed by atoms with Gasteiger partial charge in [0.05, 0.1) is 13.1 Å². The summed E-state index contributed by atoms with van der Waals surface area (Å²) in [6, 6.07) is 0. The van der Waals surface area contributed by atoms with E-state index in [0.29, 0.717) is 0 Å². The molecule has 0 aromatic carbocycles. The van der Waals surface area contributed by atoms with Crippen molar-refractivity contribution in [3.05, 3.63) is 0 Å². The maximum atomic E-state index is 9.73. The maximum absolute atomic E-state index is 9.73. The number of nitrogens with one attached hydrogen (secondary N) is 1. The zero-order chi connectivity index (χ0) is 7.28. The molecule has 0 spiro atoms. The van der Waals surface area contributed by atoms with Crippen LogP contribution in [0.4, 0.5) is 0 Å². The number of carboxylic acids is 2. The second kappa shape index (κ2) is 14.4. The first-order chi connectivity index (χ1) is 4.13. The van der Waals surface area contributed by atoms with Gasteiger partial charge in [0.25, 0.3) is 0 Å². The Kier molecular flexibility index (Phi) is 27.6. The third kappa shape index (κ3) is 22.4. The van der Waals surface area contributed by atoms with E-state index in [4.69, 9.17) is 10.2 Å². The fourth-order valence-electron chi connectivity index (χ4n) is 0.276. The van der Waals surface area contributed by atoms with E-state index in [9.17, 15) is 9.59 Å². The van der Waals surface area contributed by atoms with Crippen molar-refractivity contribution in [1.82, 2.24) is 5.32 Å². The minimum atomic E-state index is -1.06. The molecular weight excluding hydrogens is 188 g/mol. The van der Waals surface area contributed by atoms with Crippen LogP contribution in [0.3, 0.4) is 0 Å². The fraction of sp³-hybridized carbons (Fsp3) is 0.500. The van der Waals surface area contributed by atoms with Crippen molar-refractivity contribution >= 4 is 11.9 Å². The third-order valence-electron chi connectivity index (χ3n) is 0.552. The summed E-state index contributed by atoms with van der Waals surface area (Å²) in [4.78, 5) is 19.5. The summed E-state index contributed by atoms with van der Waals surface area (Å²) < 4.78 is 0. The molecule has 8 heteroatoms. The third-order valence-corrected chi connectivity index (χ3v) is 0.552. The second-order valence-electron chi connectivity index (χ2n) is 1.39. The Hall–Kier alpha value is 0.860. The minimum absolute atomic E-state index is 0. The van der Waals surface area contributed by atoms with Gasteiger partial charge in [0.2, 0.25) is 0 Å². The van der Waals surface area contributed by atoms with Crippen LogP contribution in [0.15, 0.2) is 0 Å². The van der Waals surface area contributed by atoms with Gasteiger partial charge in [0, 0.05) is 0 Å². The van der Waals surface area contributed by atoms with Crippen molar-refractivity contribution in [3.8, 4) is 0 Å². The molecule has 0 aliphatic carbocycles. The summed E-state index contributed by atoms with van der Waals surface area (Å²) in [6.07, 6.45) is 0. The predicted molar refractivity (Wildman–Crippen MR) is 34.0 cm³/mol. The minimum Gasteiger partial charge on any atom is -1.00 e. The van der Waals surface area contributed by atoms with E-state index in [-0.39, 0.29) is 80.5 Å². The Labute approximate surface area is 117 Å². The van der Waals surface area contributed by atoms with Gasteiger partial charge < -0.3 is 18.5 Å². The summed E-state index contributed by atoms with van der Waals surface area (Å²) >= 11 is 0.